The quantitative estimate of drug-likeness (QED) is 0.678. The molecule has 0 aliphatic carbocycles. The minimum atomic E-state index is 0.762. The van der Waals surface area contributed by atoms with Gasteiger partial charge in [-0.2, -0.15) is 0 Å². The van der Waals surface area contributed by atoms with Crippen LogP contribution >= 0.6 is 0 Å². The van der Waals surface area contributed by atoms with Crippen LogP contribution in [0.3, 0.4) is 0 Å². The molecule has 0 aromatic carbocycles. The maximum absolute atomic E-state index is 3.62. The molecular weight excluding hydrogens is 194 g/mol. The summed E-state index contributed by atoms with van der Waals surface area (Å²) in [4.78, 5) is 0. The molecule has 3 atom stereocenters. The van der Waals surface area contributed by atoms with Crippen LogP contribution < -0.4 is 5.32 Å². The average molecular weight is 225 g/mol. The van der Waals surface area contributed by atoms with Crippen molar-refractivity contribution in [2.75, 3.05) is 6.54 Å². The molecule has 0 aromatic heterocycles. The first-order valence-corrected chi connectivity index (χ1v) is 7.49. The Morgan fingerprint density at radius 1 is 1.19 bits per heavy atom. The second-order valence-electron chi connectivity index (χ2n) is 5.75. The lowest BCUT2D eigenvalue weighted by atomic mass is 9.86. The van der Waals surface area contributed by atoms with Crippen LogP contribution in [0.2, 0.25) is 0 Å². The van der Waals surface area contributed by atoms with Crippen molar-refractivity contribution < 1.29 is 0 Å². The van der Waals surface area contributed by atoms with Gasteiger partial charge in [0.1, 0.15) is 0 Å². The zero-order valence-corrected chi connectivity index (χ0v) is 11.6. The number of unbranched alkanes of at least 4 members (excludes halogenated alkanes) is 1. The zero-order chi connectivity index (χ0) is 11.8. The van der Waals surface area contributed by atoms with Gasteiger partial charge in [0.05, 0.1) is 0 Å². The van der Waals surface area contributed by atoms with Gasteiger partial charge in [0.2, 0.25) is 0 Å². The summed E-state index contributed by atoms with van der Waals surface area (Å²) in [6.45, 7) is 8.25. The molecule has 0 spiro atoms. The van der Waals surface area contributed by atoms with E-state index >= 15 is 0 Å². The molecule has 0 radical (unpaired) electrons. The van der Waals surface area contributed by atoms with Crippen molar-refractivity contribution in [2.45, 2.75) is 78.2 Å². The van der Waals surface area contributed by atoms with Crippen molar-refractivity contribution in [1.29, 1.82) is 0 Å². The molecule has 1 rings (SSSR count). The summed E-state index contributed by atoms with van der Waals surface area (Å²) in [5, 5.41) is 3.62. The largest absolute Gasteiger partial charge is 0.314 e. The number of rotatable bonds is 7. The summed E-state index contributed by atoms with van der Waals surface area (Å²) >= 11 is 0. The first kappa shape index (κ1) is 14.0. The van der Waals surface area contributed by atoms with Crippen molar-refractivity contribution in [3.63, 3.8) is 0 Å². The van der Waals surface area contributed by atoms with Crippen LogP contribution in [0.1, 0.15) is 72.1 Å². The van der Waals surface area contributed by atoms with Gasteiger partial charge in [0.15, 0.2) is 0 Å². The highest BCUT2D eigenvalue weighted by Crippen LogP contribution is 2.25. The maximum atomic E-state index is 3.62. The Kier molecular flexibility index (Phi) is 7.11. The van der Waals surface area contributed by atoms with E-state index in [1.807, 2.05) is 0 Å². The van der Waals surface area contributed by atoms with Gasteiger partial charge in [0.25, 0.3) is 0 Å². The monoisotopic (exact) mass is 225 g/mol. The van der Waals surface area contributed by atoms with Gasteiger partial charge in [0, 0.05) is 6.04 Å². The molecule has 0 aromatic rings. The SMILES string of the molecule is CCCCC(CC)CCC1CCC(C)NC1. The summed E-state index contributed by atoms with van der Waals surface area (Å²) in [7, 11) is 0. The second-order valence-corrected chi connectivity index (χ2v) is 5.75. The van der Waals surface area contributed by atoms with Crippen molar-refractivity contribution in [2.24, 2.45) is 11.8 Å². The van der Waals surface area contributed by atoms with E-state index in [-0.39, 0.29) is 0 Å². The summed E-state index contributed by atoms with van der Waals surface area (Å²) in [6.07, 6.45) is 11.4. The first-order valence-electron chi connectivity index (χ1n) is 7.49. The van der Waals surface area contributed by atoms with E-state index in [0.717, 1.165) is 17.9 Å². The van der Waals surface area contributed by atoms with Gasteiger partial charge >= 0.3 is 0 Å². The number of hydrogen-bond acceptors (Lipinski definition) is 1. The molecule has 1 heterocycles. The average Bonchev–Trinajstić information content (AvgIpc) is 2.32. The Morgan fingerprint density at radius 3 is 2.56 bits per heavy atom. The fraction of sp³-hybridized carbons (Fsp3) is 1.00. The molecule has 1 aliphatic heterocycles. The fourth-order valence-corrected chi connectivity index (χ4v) is 2.82. The summed E-state index contributed by atoms with van der Waals surface area (Å²) in [5.41, 5.74) is 0. The van der Waals surface area contributed by atoms with Gasteiger partial charge in [-0.1, -0.05) is 46.0 Å². The Balaban J connectivity index is 2.11. The Bertz CT molecular complexity index is 154. The molecule has 96 valence electrons. The van der Waals surface area contributed by atoms with E-state index in [2.05, 4.69) is 26.1 Å². The molecule has 1 saturated heterocycles. The third kappa shape index (κ3) is 5.34. The Morgan fingerprint density at radius 2 is 2.00 bits per heavy atom. The maximum Gasteiger partial charge on any atom is 0.00389 e. The van der Waals surface area contributed by atoms with E-state index < -0.39 is 0 Å². The summed E-state index contributed by atoms with van der Waals surface area (Å²) < 4.78 is 0. The second kappa shape index (κ2) is 8.11. The van der Waals surface area contributed by atoms with Gasteiger partial charge in [-0.25, -0.2) is 0 Å². The van der Waals surface area contributed by atoms with Crippen LogP contribution in [0.5, 0.6) is 0 Å². The predicted octanol–water partition coefficient (Wildman–Crippen LogP) is 4.37. The first-order chi connectivity index (χ1) is 7.76. The van der Waals surface area contributed by atoms with Crippen LogP contribution in [-0.4, -0.2) is 12.6 Å². The van der Waals surface area contributed by atoms with Crippen LogP contribution in [0.15, 0.2) is 0 Å². The highest BCUT2D eigenvalue weighted by Gasteiger charge is 2.18. The number of piperidine rings is 1. The minimum absolute atomic E-state index is 0.762. The fourth-order valence-electron chi connectivity index (χ4n) is 2.82. The molecule has 0 saturated carbocycles. The molecule has 16 heavy (non-hydrogen) atoms. The lowest BCUT2D eigenvalue weighted by Crippen LogP contribution is -2.36. The third-order valence-electron chi connectivity index (χ3n) is 4.29. The van der Waals surface area contributed by atoms with Crippen LogP contribution in [0.25, 0.3) is 0 Å². The lowest BCUT2D eigenvalue weighted by molar-refractivity contribution is 0.280. The number of hydrogen-bond donors (Lipinski definition) is 1. The van der Waals surface area contributed by atoms with E-state index in [1.165, 1.54) is 57.9 Å². The van der Waals surface area contributed by atoms with Crippen molar-refractivity contribution in [3.05, 3.63) is 0 Å². The van der Waals surface area contributed by atoms with Crippen LogP contribution in [0, 0.1) is 11.8 Å². The van der Waals surface area contributed by atoms with Crippen LogP contribution in [-0.2, 0) is 0 Å². The molecular formula is C15H31N. The van der Waals surface area contributed by atoms with Crippen molar-refractivity contribution in [1.82, 2.24) is 5.32 Å². The third-order valence-corrected chi connectivity index (χ3v) is 4.29. The van der Waals surface area contributed by atoms with Crippen LogP contribution in [0.4, 0.5) is 0 Å². The highest BCUT2D eigenvalue weighted by atomic mass is 14.9. The zero-order valence-electron chi connectivity index (χ0n) is 11.6. The van der Waals surface area contributed by atoms with Gasteiger partial charge in [-0.05, 0) is 44.6 Å². The molecule has 1 aliphatic rings. The van der Waals surface area contributed by atoms with Gasteiger partial charge in [-0.3, -0.25) is 0 Å². The predicted molar refractivity (Wildman–Crippen MR) is 72.7 cm³/mol. The molecule has 1 fully saturated rings. The Labute approximate surface area is 102 Å². The van der Waals surface area contributed by atoms with Gasteiger partial charge in [-0.15, -0.1) is 0 Å². The molecule has 1 heteroatoms. The van der Waals surface area contributed by atoms with E-state index in [1.54, 1.807) is 0 Å². The van der Waals surface area contributed by atoms with E-state index in [9.17, 15) is 0 Å². The van der Waals surface area contributed by atoms with E-state index in [4.69, 9.17) is 0 Å². The minimum Gasteiger partial charge on any atom is -0.314 e. The van der Waals surface area contributed by atoms with Crippen molar-refractivity contribution in [3.8, 4) is 0 Å². The molecule has 1 nitrogen and oxygen atoms in total. The number of nitrogens with one attached hydrogen (secondary N) is 1. The molecule has 1 N–H and O–H groups in total. The molecule has 3 unspecified atom stereocenters. The summed E-state index contributed by atoms with van der Waals surface area (Å²) in [5.74, 6) is 1.96. The normalized spacial score (nSPS) is 27.9. The summed E-state index contributed by atoms with van der Waals surface area (Å²) in [6, 6.07) is 0.762. The van der Waals surface area contributed by atoms with Gasteiger partial charge < -0.3 is 5.32 Å². The Hall–Kier alpha value is -0.0400. The topological polar surface area (TPSA) is 12.0 Å². The standard InChI is InChI=1S/C15H31N/c1-4-6-7-14(5-2)10-11-15-9-8-13(3)16-12-15/h13-16H,4-12H2,1-3H3. The molecule has 0 bridgehead atoms. The van der Waals surface area contributed by atoms with Crippen molar-refractivity contribution >= 4 is 0 Å². The smallest absolute Gasteiger partial charge is 0.00389 e. The molecule has 0 amide bonds. The highest BCUT2D eigenvalue weighted by molar-refractivity contribution is 4.75. The lowest BCUT2D eigenvalue weighted by Gasteiger charge is -2.28. The van der Waals surface area contributed by atoms with E-state index in [0.29, 0.717) is 0 Å².